The van der Waals surface area contributed by atoms with E-state index in [2.05, 4.69) is 23.6 Å². The molecular formula is C16H30N2. The fourth-order valence-electron chi connectivity index (χ4n) is 4.65. The largest absolute Gasteiger partial charge is 0.298 e. The average Bonchev–Trinajstić information content (AvgIpc) is 2.91. The topological polar surface area (TPSA) is 6.48 Å². The maximum atomic E-state index is 2.85. The fraction of sp³-hybridized carbons (Fsp3) is 1.00. The summed E-state index contributed by atoms with van der Waals surface area (Å²) in [7, 11) is 0. The molecule has 3 unspecified atom stereocenters. The van der Waals surface area contributed by atoms with Gasteiger partial charge in [-0.3, -0.25) is 9.80 Å². The van der Waals surface area contributed by atoms with Gasteiger partial charge in [-0.1, -0.05) is 19.3 Å². The zero-order valence-corrected chi connectivity index (χ0v) is 12.3. The molecule has 104 valence electrons. The first kappa shape index (κ1) is 12.9. The molecule has 2 aliphatic heterocycles. The monoisotopic (exact) mass is 250 g/mol. The molecule has 18 heavy (non-hydrogen) atoms. The zero-order chi connectivity index (χ0) is 12.5. The number of piperazine rings is 1. The first-order chi connectivity index (χ1) is 8.75. The average molecular weight is 250 g/mol. The van der Waals surface area contributed by atoms with Crippen molar-refractivity contribution in [2.24, 2.45) is 5.92 Å². The SMILES string of the molecule is CC1CN2CCCCC2CN1C(C)C1CCCC1. The number of fused-ring (bicyclic) bond motifs is 1. The third kappa shape index (κ3) is 2.46. The highest BCUT2D eigenvalue weighted by Gasteiger charge is 2.37. The van der Waals surface area contributed by atoms with Crippen LogP contribution in [0.15, 0.2) is 0 Å². The summed E-state index contributed by atoms with van der Waals surface area (Å²) < 4.78 is 0. The van der Waals surface area contributed by atoms with Crippen LogP contribution in [0.25, 0.3) is 0 Å². The van der Waals surface area contributed by atoms with Gasteiger partial charge in [-0.2, -0.15) is 0 Å². The lowest BCUT2D eigenvalue weighted by Gasteiger charge is -2.50. The molecule has 3 atom stereocenters. The lowest BCUT2D eigenvalue weighted by Crippen LogP contribution is -2.61. The third-order valence-electron chi connectivity index (χ3n) is 5.84. The lowest BCUT2D eigenvalue weighted by atomic mass is 9.92. The molecule has 0 radical (unpaired) electrons. The van der Waals surface area contributed by atoms with Crippen molar-refractivity contribution in [2.75, 3.05) is 19.6 Å². The van der Waals surface area contributed by atoms with Crippen LogP contribution in [0.3, 0.4) is 0 Å². The van der Waals surface area contributed by atoms with Crippen LogP contribution in [0.5, 0.6) is 0 Å². The molecule has 2 heteroatoms. The van der Waals surface area contributed by atoms with Gasteiger partial charge in [0.15, 0.2) is 0 Å². The van der Waals surface area contributed by atoms with Crippen LogP contribution < -0.4 is 0 Å². The molecule has 3 rings (SSSR count). The molecule has 0 N–H and O–H groups in total. The minimum atomic E-state index is 0.773. The van der Waals surface area contributed by atoms with Crippen molar-refractivity contribution in [3.8, 4) is 0 Å². The summed E-state index contributed by atoms with van der Waals surface area (Å²) in [5.74, 6) is 0.989. The summed E-state index contributed by atoms with van der Waals surface area (Å²) in [6, 6.07) is 2.47. The quantitative estimate of drug-likeness (QED) is 0.743. The van der Waals surface area contributed by atoms with Gasteiger partial charge in [0.1, 0.15) is 0 Å². The third-order valence-corrected chi connectivity index (χ3v) is 5.84. The number of nitrogens with zero attached hydrogens (tertiary/aromatic N) is 2. The van der Waals surface area contributed by atoms with Crippen LogP contribution in [-0.2, 0) is 0 Å². The molecule has 0 amide bonds. The first-order valence-electron chi connectivity index (χ1n) is 8.25. The van der Waals surface area contributed by atoms with Crippen molar-refractivity contribution in [2.45, 2.75) is 76.9 Å². The molecule has 1 aliphatic carbocycles. The van der Waals surface area contributed by atoms with E-state index in [1.165, 1.54) is 64.6 Å². The zero-order valence-electron chi connectivity index (χ0n) is 12.3. The Morgan fingerprint density at radius 2 is 1.67 bits per heavy atom. The number of piperidine rings is 1. The minimum Gasteiger partial charge on any atom is -0.298 e. The smallest absolute Gasteiger partial charge is 0.0224 e. The van der Waals surface area contributed by atoms with Crippen LogP contribution in [-0.4, -0.2) is 47.6 Å². The van der Waals surface area contributed by atoms with Crippen molar-refractivity contribution in [3.05, 3.63) is 0 Å². The van der Waals surface area contributed by atoms with Gasteiger partial charge in [0, 0.05) is 31.2 Å². The Labute approximate surface area is 113 Å². The predicted octanol–water partition coefficient (Wildman–Crippen LogP) is 3.12. The van der Waals surface area contributed by atoms with E-state index in [1.54, 1.807) is 0 Å². The maximum Gasteiger partial charge on any atom is 0.0224 e. The maximum absolute atomic E-state index is 2.85. The molecule has 0 bridgehead atoms. The van der Waals surface area contributed by atoms with E-state index in [0.717, 1.165) is 24.0 Å². The standard InChI is InChI=1S/C16H30N2/c1-13-11-17-10-6-5-9-16(17)12-18(13)14(2)15-7-3-4-8-15/h13-16H,3-12H2,1-2H3. The molecule has 0 aromatic carbocycles. The first-order valence-corrected chi connectivity index (χ1v) is 8.25. The molecule has 2 saturated heterocycles. The van der Waals surface area contributed by atoms with Crippen LogP contribution in [0.1, 0.15) is 58.8 Å². The van der Waals surface area contributed by atoms with Crippen molar-refractivity contribution >= 4 is 0 Å². The summed E-state index contributed by atoms with van der Waals surface area (Å²) in [6.07, 6.45) is 10.3. The van der Waals surface area contributed by atoms with Gasteiger partial charge in [-0.15, -0.1) is 0 Å². The number of hydrogen-bond acceptors (Lipinski definition) is 2. The van der Waals surface area contributed by atoms with Gasteiger partial charge in [0.2, 0.25) is 0 Å². The van der Waals surface area contributed by atoms with Crippen LogP contribution in [0, 0.1) is 5.92 Å². The molecule has 1 saturated carbocycles. The van der Waals surface area contributed by atoms with Crippen LogP contribution in [0.2, 0.25) is 0 Å². The van der Waals surface area contributed by atoms with Gasteiger partial charge < -0.3 is 0 Å². The van der Waals surface area contributed by atoms with Gasteiger partial charge in [0.05, 0.1) is 0 Å². The summed E-state index contributed by atoms with van der Waals surface area (Å²) in [6.45, 7) is 8.99. The molecule has 2 heterocycles. The van der Waals surface area contributed by atoms with E-state index in [9.17, 15) is 0 Å². The molecular weight excluding hydrogens is 220 g/mol. The second-order valence-corrected chi connectivity index (χ2v) is 6.98. The summed E-state index contributed by atoms with van der Waals surface area (Å²) in [5, 5.41) is 0. The van der Waals surface area contributed by atoms with E-state index in [1.807, 2.05) is 0 Å². The second-order valence-electron chi connectivity index (χ2n) is 6.98. The molecule has 3 fully saturated rings. The Kier molecular flexibility index (Phi) is 3.95. The van der Waals surface area contributed by atoms with Gasteiger partial charge in [-0.05, 0) is 52.0 Å². The highest BCUT2D eigenvalue weighted by molar-refractivity contribution is 4.93. The minimum absolute atomic E-state index is 0.773. The number of rotatable bonds is 2. The van der Waals surface area contributed by atoms with Crippen molar-refractivity contribution < 1.29 is 0 Å². The van der Waals surface area contributed by atoms with Crippen molar-refractivity contribution in [1.29, 1.82) is 0 Å². The molecule has 0 aromatic rings. The molecule has 2 nitrogen and oxygen atoms in total. The molecule has 0 aromatic heterocycles. The van der Waals surface area contributed by atoms with E-state index < -0.39 is 0 Å². The van der Waals surface area contributed by atoms with Crippen molar-refractivity contribution in [1.82, 2.24) is 9.80 Å². The Hall–Kier alpha value is -0.0800. The van der Waals surface area contributed by atoms with E-state index in [0.29, 0.717) is 0 Å². The Bertz CT molecular complexity index is 272. The fourth-order valence-corrected chi connectivity index (χ4v) is 4.65. The molecule has 3 aliphatic rings. The summed E-state index contributed by atoms with van der Waals surface area (Å²) in [5.41, 5.74) is 0. The van der Waals surface area contributed by atoms with Crippen molar-refractivity contribution in [3.63, 3.8) is 0 Å². The van der Waals surface area contributed by atoms with E-state index in [-0.39, 0.29) is 0 Å². The Morgan fingerprint density at radius 3 is 2.44 bits per heavy atom. The van der Waals surface area contributed by atoms with Gasteiger partial charge in [-0.25, -0.2) is 0 Å². The lowest BCUT2D eigenvalue weighted by molar-refractivity contribution is -0.0165. The van der Waals surface area contributed by atoms with E-state index in [4.69, 9.17) is 0 Å². The normalized spacial score (nSPS) is 37.7. The number of hydrogen-bond donors (Lipinski definition) is 0. The van der Waals surface area contributed by atoms with Crippen LogP contribution in [0.4, 0.5) is 0 Å². The highest BCUT2D eigenvalue weighted by Crippen LogP contribution is 2.33. The Balaban J connectivity index is 1.64. The highest BCUT2D eigenvalue weighted by atomic mass is 15.3. The van der Waals surface area contributed by atoms with Gasteiger partial charge >= 0.3 is 0 Å². The second kappa shape index (κ2) is 5.50. The van der Waals surface area contributed by atoms with Gasteiger partial charge in [0.25, 0.3) is 0 Å². The molecule has 0 spiro atoms. The predicted molar refractivity (Wildman–Crippen MR) is 76.8 cm³/mol. The van der Waals surface area contributed by atoms with E-state index >= 15 is 0 Å². The van der Waals surface area contributed by atoms with Crippen LogP contribution >= 0.6 is 0 Å². The summed E-state index contributed by atoms with van der Waals surface area (Å²) in [4.78, 5) is 5.62. The summed E-state index contributed by atoms with van der Waals surface area (Å²) >= 11 is 0. The Morgan fingerprint density at radius 1 is 0.944 bits per heavy atom.